The topological polar surface area (TPSA) is 18.5 Å². The molecule has 1 aliphatic heterocycles. The van der Waals surface area contributed by atoms with E-state index in [4.69, 9.17) is 9.47 Å². The van der Waals surface area contributed by atoms with Crippen LogP contribution in [0.1, 0.15) is 27.7 Å². The first-order valence-electron chi connectivity index (χ1n) is 6.24. The Balaban J connectivity index is 2.69. The van der Waals surface area contributed by atoms with Gasteiger partial charge in [0.05, 0.1) is 12.7 Å². The van der Waals surface area contributed by atoms with Gasteiger partial charge in [0, 0.05) is 5.92 Å². The van der Waals surface area contributed by atoms with E-state index in [1.807, 2.05) is 0 Å². The minimum absolute atomic E-state index is 0.0176. The van der Waals surface area contributed by atoms with Crippen LogP contribution in [0.15, 0.2) is 12.2 Å². The van der Waals surface area contributed by atoms with E-state index in [1.165, 1.54) is 5.57 Å². The Morgan fingerprint density at radius 3 is 2.53 bits per heavy atom. The molecule has 0 radical (unpaired) electrons. The lowest BCUT2D eigenvalue weighted by molar-refractivity contribution is -0.206. The predicted molar refractivity (Wildman–Crippen MR) is 79.5 cm³/mol. The molecular formula is C13H26O2P2. The van der Waals surface area contributed by atoms with Crippen LogP contribution in [0.4, 0.5) is 0 Å². The Kier molecular flexibility index (Phi) is 6.06. The Bertz CT molecular complexity index is 268. The molecule has 0 bridgehead atoms. The summed E-state index contributed by atoms with van der Waals surface area (Å²) in [6.45, 7) is 15.9. The second-order valence-corrected chi connectivity index (χ2v) is 9.57. The van der Waals surface area contributed by atoms with Gasteiger partial charge in [0.15, 0.2) is 6.03 Å². The molecule has 1 saturated heterocycles. The molecule has 2 nitrogen and oxygen atoms in total. The second-order valence-electron chi connectivity index (χ2n) is 5.38. The number of ether oxygens (including phenoxy) is 2. The number of allylic oxidation sites excluding steroid dienone is 1. The van der Waals surface area contributed by atoms with E-state index in [-0.39, 0.29) is 19.7 Å². The minimum atomic E-state index is -0.274. The first-order valence-corrected chi connectivity index (χ1v) is 9.72. The summed E-state index contributed by atoms with van der Waals surface area (Å²) in [5, 5.41) is 0. The van der Waals surface area contributed by atoms with Crippen LogP contribution in [0, 0.1) is 17.8 Å². The summed E-state index contributed by atoms with van der Waals surface area (Å²) >= 11 is 0. The van der Waals surface area contributed by atoms with Crippen LogP contribution in [0.3, 0.4) is 0 Å². The standard InChI is InChI=1S/C13H26O2P2/c1-8(2)10(4)11(5)12-9(3)7-14-13(15-12)17(6)16/h9-13H,1,7,16H2,2-6H3. The van der Waals surface area contributed by atoms with E-state index in [2.05, 4.69) is 49.9 Å². The van der Waals surface area contributed by atoms with Gasteiger partial charge in [0.2, 0.25) is 0 Å². The SMILES string of the molecule is C=C(C)C(C)C(C)C1OC(P(C)P)OCC1C. The van der Waals surface area contributed by atoms with Gasteiger partial charge in [-0.3, -0.25) is 0 Å². The molecule has 0 aromatic rings. The molecule has 1 aliphatic rings. The first kappa shape index (κ1) is 15.6. The fraction of sp³-hybridized carbons (Fsp3) is 0.846. The highest BCUT2D eigenvalue weighted by molar-refractivity contribution is 8.13. The molecule has 0 aromatic heterocycles. The summed E-state index contributed by atoms with van der Waals surface area (Å²) in [5.74, 6) is 1.45. The Hall–Kier alpha value is 0.520. The zero-order valence-electron chi connectivity index (χ0n) is 11.6. The van der Waals surface area contributed by atoms with Gasteiger partial charge in [-0.2, -0.15) is 0 Å². The highest BCUT2D eigenvalue weighted by Crippen LogP contribution is 2.49. The van der Waals surface area contributed by atoms with Gasteiger partial charge < -0.3 is 9.47 Å². The molecule has 0 spiro atoms. The molecule has 1 fully saturated rings. The maximum atomic E-state index is 6.14. The van der Waals surface area contributed by atoms with E-state index < -0.39 is 0 Å². The molecule has 7 unspecified atom stereocenters. The van der Waals surface area contributed by atoms with Crippen LogP contribution in [-0.4, -0.2) is 25.4 Å². The van der Waals surface area contributed by atoms with Crippen LogP contribution in [-0.2, 0) is 9.47 Å². The Morgan fingerprint density at radius 2 is 2.06 bits per heavy atom. The fourth-order valence-corrected chi connectivity index (χ4v) is 3.35. The zero-order valence-corrected chi connectivity index (χ0v) is 13.7. The van der Waals surface area contributed by atoms with E-state index >= 15 is 0 Å². The number of hydrogen-bond donors (Lipinski definition) is 0. The van der Waals surface area contributed by atoms with Crippen LogP contribution >= 0.6 is 16.5 Å². The van der Waals surface area contributed by atoms with E-state index in [9.17, 15) is 0 Å². The van der Waals surface area contributed by atoms with Crippen LogP contribution in [0.25, 0.3) is 0 Å². The molecule has 17 heavy (non-hydrogen) atoms. The average Bonchev–Trinajstić information content (AvgIpc) is 2.27. The van der Waals surface area contributed by atoms with Crippen molar-refractivity contribution in [1.82, 2.24) is 0 Å². The number of hydrogen-bond acceptors (Lipinski definition) is 2. The van der Waals surface area contributed by atoms with Crippen molar-refractivity contribution in [2.75, 3.05) is 13.3 Å². The van der Waals surface area contributed by atoms with Crippen molar-refractivity contribution >= 4 is 16.5 Å². The van der Waals surface area contributed by atoms with Crippen molar-refractivity contribution < 1.29 is 9.47 Å². The third-order valence-corrected chi connectivity index (χ3v) is 5.42. The lowest BCUT2D eigenvalue weighted by atomic mass is 9.81. The summed E-state index contributed by atoms with van der Waals surface area (Å²) in [7, 11) is 2.55. The van der Waals surface area contributed by atoms with Crippen molar-refractivity contribution in [1.29, 1.82) is 0 Å². The zero-order chi connectivity index (χ0) is 13.2. The van der Waals surface area contributed by atoms with Crippen molar-refractivity contribution in [2.24, 2.45) is 17.8 Å². The summed E-state index contributed by atoms with van der Waals surface area (Å²) in [5.41, 5.74) is 1.24. The third kappa shape index (κ3) is 4.00. The maximum absolute atomic E-state index is 6.14. The minimum Gasteiger partial charge on any atom is -0.348 e. The monoisotopic (exact) mass is 276 g/mol. The lowest BCUT2D eigenvalue weighted by Crippen LogP contribution is -2.43. The highest BCUT2D eigenvalue weighted by Gasteiger charge is 2.36. The average molecular weight is 276 g/mol. The predicted octanol–water partition coefficient (Wildman–Crippen LogP) is 4.07. The van der Waals surface area contributed by atoms with E-state index in [0.29, 0.717) is 17.8 Å². The summed E-state index contributed by atoms with van der Waals surface area (Å²) < 4.78 is 11.9. The molecular weight excluding hydrogens is 250 g/mol. The smallest absolute Gasteiger partial charge is 0.179 e. The van der Waals surface area contributed by atoms with Gasteiger partial charge in [-0.25, -0.2) is 0 Å². The van der Waals surface area contributed by atoms with Gasteiger partial charge in [-0.1, -0.05) is 32.9 Å². The summed E-state index contributed by atoms with van der Waals surface area (Å²) in [6.07, 6.45) is 0.283. The normalized spacial score (nSPS) is 35.1. The van der Waals surface area contributed by atoms with E-state index in [1.54, 1.807) is 0 Å². The van der Waals surface area contributed by atoms with Crippen LogP contribution in [0.5, 0.6) is 0 Å². The van der Waals surface area contributed by atoms with Gasteiger partial charge >= 0.3 is 0 Å². The molecule has 7 atom stereocenters. The quantitative estimate of drug-likeness (QED) is 0.569. The van der Waals surface area contributed by atoms with E-state index in [0.717, 1.165) is 6.61 Å². The van der Waals surface area contributed by atoms with Crippen LogP contribution in [0.2, 0.25) is 0 Å². The molecule has 4 heteroatoms. The maximum Gasteiger partial charge on any atom is 0.179 e. The number of rotatable bonds is 4. The molecule has 0 saturated carbocycles. The van der Waals surface area contributed by atoms with Gasteiger partial charge in [0.25, 0.3) is 0 Å². The Labute approximate surface area is 109 Å². The molecule has 1 heterocycles. The third-order valence-electron chi connectivity index (χ3n) is 3.75. The molecule has 1 rings (SSSR count). The highest BCUT2D eigenvalue weighted by atomic mass is 32.0. The lowest BCUT2D eigenvalue weighted by Gasteiger charge is -2.41. The summed E-state index contributed by atoms with van der Waals surface area (Å²) in [4.78, 5) is 0. The molecule has 0 aliphatic carbocycles. The van der Waals surface area contributed by atoms with Crippen molar-refractivity contribution in [3.05, 3.63) is 12.2 Å². The molecule has 0 aromatic carbocycles. The summed E-state index contributed by atoms with van der Waals surface area (Å²) in [6, 6.07) is -0.0176. The molecule has 0 amide bonds. The van der Waals surface area contributed by atoms with Crippen LogP contribution < -0.4 is 0 Å². The van der Waals surface area contributed by atoms with Crippen molar-refractivity contribution in [3.8, 4) is 0 Å². The molecule has 100 valence electrons. The van der Waals surface area contributed by atoms with Gasteiger partial charge in [-0.05, 0) is 33.0 Å². The van der Waals surface area contributed by atoms with Crippen molar-refractivity contribution in [3.63, 3.8) is 0 Å². The van der Waals surface area contributed by atoms with Crippen molar-refractivity contribution in [2.45, 2.75) is 39.8 Å². The second kappa shape index (κ2) is 6.62. The largest absolute Gasteiger partial charge is 0.348 e. The fourth-order valence-electron chi connectivity index (χ4n) is 2.23. The Morgan fingerprint density at radius 1 is 1.47 bits per heavy atom. The van der Waals surface area contributed by atoms with Gasteiger partial charge in [-0.15, -0.1) is 8.93 Å². The first-order chi connectivity index (χ1) is 7.84. The van der Waals surface area contributed by atoms with Gasteiger partial charge in [0.1, 0.15) is 0 Å². The molecule has 0 N–H and O–H groups in total.